The molecule has 0 saturated carbocycles. The third kappa shape index (κ3) is 3.46. The third-order valence-corrected chi connectivity index (χ3v) is 4.08. The van der Waals surface area contributed by atoms with E-state index in [1.165, 1.54) is 6.07 Å². The predicted octanol–water partition coefficient (Wildman–Crippen LogP) is 5.16. The van der Waals surface area contributed by atoms with Gasteiger partial charge in [-0.05, 0) is 52.4 Å². The highest BCUT2D eigenvalue weighted by Crippen LogP contribution is 2.22. The van der Waals surface area contributed by atoms with E-state index < -0.39 is 5.82 Å². The van der Waals surface area contributed by atoms with Gasteiger partial charge in [0.25, 0.3) is 0 Å². The van der Waals surface area contributed by atoms with Crippen molar-refractivity contribution in [2.45, 2.75) is 6.42 Å². The van der Waals surface area contributed by atoms with Gasteiger partial charge in [0.2, 0.25) is 0 Å². The van der Waals surface area contributed by atoms with Crippen molar-refractivity contribution in [3.8, 4) is 0 Å². The van der Waals surface area contributed by atoms with Gasteiger partial charge in [-0.25, -0.2) is 4.39 Å². The zero-order valence-corrected chi connectivity index (χ0v) is 13.3. The lowest BCUT2D eigenvalue weighted by Gasteiger charge is -2.06. The number of hydrogen-bond acceptors (Lipinski definition) is 1. The van der Waals surface area contributed by atoms with Crippen LogP contribution in [0.5, 0.6) is 0 Å². The minimum atomic E-state index is -0.547. The molecule has 0 aromatic heterocycles. The Morgan fingerprint density at radius 2 is 1.95 bits per heavy atom. The van der Waals surface area contributed by atoms with E-state index in [0.29, 0.717) is 10.6 Å². The topological polar surface area (TPSA) is 17.1 Å². The summed E-state index contributed by atoms with van der Waals surface area (Å²) in [6.07, 6.45) is -0.0390. The maximum Gasteiger partial charge on any atom is 0.168 e. The molecule has 0 unspecified atom stereocenters. The molecule has 0 radical (unpaired) electrons. The number of benzene rings is 2. The fourth-order valence-corrected chi connectivity index (χ4v) is 2.67. The molecule has 0 amide bonds. The SMILES string of the molecule is O=C(Cc1cccc(Cl)c1F)c1cc(Cl)ccc1I. The summed E-state index contributed by atoms with van der Waals surface area (Å²) in [5.41, 5.74) is 0.778. The van der Waals surface area contributed by atoms with E-state index in [4.69, 9.17) is 23.2 Å². The van der Waals surface area contributed by atoms with Crippen molar-refractivity contribution < 1.29 is 9.18 Å². The van der Waals surface area contributed by atoms with Crippen LogP contribution in [-0.4, -0.2) is 5.78 Å². The molecule has 2 aromatic carbocycles. The van der Waals surface area contributed by atoms with Gasteiger partial charge in [-0.15, -0.1) is 0 Å². The predicted molar refractivity (Wildman–Crippen MR) is 83.6 cm³/mol. The molecule has 0 N–H and O–H groups in total. The van der Waals surface area contributed by atoms with Gasteiger partial charge in [0.15, 0.2) is 5.78 Å². The zero-order valence-electron chi connectivity index (χ0n) is 9.59. The molecule has 0 aliphatic heterocycles. The first-order valence-electron chi connectivity index (χ1n) is 5.40. The third-order valence-electron chi connectivity index (χ3n) is 2.61. The summed E-state index contributed by atoms with van der Waals surface area (Å²) in [4.78, 5) is 12.2. The molecular formula is C14H8Cl2FIO. The van der Waals surface area contributed by atoms with Crippen LogP contribution in [0.1, 0.15) is 15.9 Å². The summed E-state index contributed by atoms with van der Waals surface area (Å²) in [7, 11) is 0. The average Bonchev–Trinajstić information content (AvgIpc) is 2.38. The van der Waals surface area contributed by atoms with Crippen molar-refractivity contribution in [2.24, 2.45) is 0 Å². The maximum atomic E-state index is 13.7. The first-order valence-corrected chi connectivity index (χ1v) is 7.23. The van der Waals surface area contributed by atoms with E-state index in [-0.39, 0.29) is 22.8 Å². The summed E-state index contributed by atoms with van der Waals surface area (Å²) in [5, 5.41) is 0.501. The van der Waals surface area contributed by atoms with Crippen molar-refractivity contribution >= 4 is 51.6 Å². The standard InChI is InChI=1S/C14H8Cl2FIO/c15-9-4-5-12(18)10(7-9)13(19)6-8-2-1-3-11(16)14(8)17/h1-5,7H,6H2. The molecule has 5 heteroatoms. The first kappa shape index (κ1) is 14.8. The van der Waals surface area contributed by atoms with E-state index in [1.54, 1.807) is 30.3 Å². The molecule has 0 saturated heterocycles. The highest BCUT2D eigenvalue weighted by atomic mass is 127. The second-order valence-corrected chi connectivity index (χ2v) is 5.94. The number of halogens is 4. The van der Waals surface area contributed by atoms with Gasteiger partial charge < -0.3 is 0 Å². The second-order valence-electron chi connectivity index (χ2n) is 3.94. The lowest BCUT2D eigenvalue weighted by molar-refractivity contribution is 0.0991. The van der Waals surface area contributed by atoms with Gasteiger partial charge in [0, 0.05) is 20.6 Å². The minimum absolute atomic E-state index is 0.0195. The van der Waals surface area contributed by atoms with E-state index in [0.717, 1.165) is 3.57 Å². The van der Waals surface area contributed by atoms with Crippen LogP contribution in [0.3, 0.4) is 0 Å². The van der Waals surface area contributed by atoms with Gasteiger partial charge >= 0.3 is 0 Å². The van der Waals surface area contributed by atoms with Crippen molar-refractivity contribution in [1.29, 1.82) is 0 Å². The van der Waals surface area contributed by atoms with Crippen molar-refractivity contribution in [3.63, 3.8) is 0 Å². The largest absolute Gasteiger partial charge is 0.294 e. The summed E-state index contributed by atoms with van der Waals surface area (Å²) in [6.45, 7) is 0. The van der Waals surface area contributed by atoms with Crippen LogP contribution in [0, 0.1) is 9.39 Å². The minimum Gasteiger partial charge on any atom is -0.294 e. The average molecular weight is 409 g/mol. The molecule has 0 heterocycles. The number of hydrogen-bond donors (Lipinski definition) is 0. The molecule has 98 valence electrons. The lowest BCUT2D eigenvalue weighted by Crippen LogP contribution is -2.07. The molecule has 0 fully saturated rings. The molecule has 0 aliphatic rings. The van der Waals surface area contributed by atoms with E-state index in [2.05, 4.69) is 22.6 Å². The van der Waals surface area contributed by atoms with Crippen LogP contribution in [0.2, 0.25) is 10.0 Å². The molecule has 0 aliphatic carbocycles. The van der Waals surface area contributed by atoms with Gasteiger partial charge in [0.05, 0.1) is 5.02 Å². The number of Topliss-reactive ketones (excluding diaryl/α,β-unsaturated/α-hetero) is 1. The van der Waals surface area contributed by atoms with Gasteiger partial charge in [0.1, 0.15) is 5.82 Å². The zero-order chi connectivity index (χ0) is 14.0. The summed E-state index contributed by atoms with van der Waals surface area (Å²) in [5.74, 6) is -0.734. The molecule has 1 nitrogen and oxygen atoms in total. The highest BCUT2D eigenvalue weighted by Gasteiger charge is 2.15. The Morgan fingerprint density at radius 3 is 2.68 bits per heavy atom. The fraction of sp³-hybridized carbons (Fsp3) is 0.0714. The molecule has 0 bridgehead atoms. The van der Waals surface area contributed by atoms with Crippen LogP contribution in [0.25, 0.3) is 0 Å². The molecule has 0 atom stereocenters. The van der Waals surface area contributed by atoms with Crippen LogP contribution in [0.4, 0.5) is 4.39 Å². The molecule has 2 aromatic rings. The Hall–Kier alpha value is -0.650. The molecule has 2 rings (SSSR count). The van der Waals surface area contributed by atoms with E-state index in [1.807, 2.05) is 0 Å². The van der Waals surface area contributed by atoms with Crippen LogP contribution < -0.4 is 0 Å². The Morgan fingerprint density at radius 1 is 1.21 bits per heavy atom. The quantitative estimate of drug-likeness (QED) is 0.506. The second kappa shape index (κ2) is 6.20. The van der Waals surface area contributed by atoms with Crippen molar-refractivity contribution in [1.82, 2.24) is 0 Å². The number of rotatable bonds is 3. The van der Waals surface area contributed by atoms with Crippen molar-refractivity contribution in [3.05, 3.63) is 67.0 Å². The maximum absolute atomic E-state index is 13.7. The van der Waals surface area contributed by atoms with E-state index in [9.17, 15) is 9.18 Å². The van der Waals surface area contributed by atoms with Crippen molar-refractivity contribution in [2.75, 3.05) is 0 Å². The van der Waals surface area contributed by atoms with Gasteiger partial charge in [-0.2, -0.15) is 0 Å². The van der Waals surface area contributed by atoms with Gasteiger partial charge in [-0.3, -0.25) is 4.79 Å². The number of ketones is 1. The first-order chi connectivity index (χ1) is 8.99. The van der Waals surface area contributed by atoms with Crippen LogP contribution in [-0.2, 0) is 6.42 Å². The number of carbonyl (C=O) groups is 1. The smallest absolute Gasteiger partial charge is 0.168 e. The molecular weight excluding hydrogens is 401 g/mol. The summed E-state index contributed by atoms with van der Waals surface area (Å²) < 4.78 is 14.5. The Labute approximate surface area is 133 Å². The van der Waals surface area contributed by atoms with Gasteiger partial charge in [-0.1, -0.05) is 35.3 Å². The number of carbonyl (C=O) groups excluding carboxylic acids is 1. The van der Waals surface area contributed by atoms with Crippen LogP contribution >= 0.6 is 45.8 Å². The summed E-state index contributed by atoms with van der Waals surface area (Å²) in [6, 6.07) is 9.68. The monoisotopic (exact) mass is 408 g/mol. The van der Waals surface area contributed by atoms with E-state index >= 15 is 0 Å². The Kier molecular flexibility index (Phi) is 4.81. The Balaban J connectivity index is 2.31. The normalized spacial score (nSPS) is 10.5. The highest BCUT2D eigenvalue weighted by molar-refractivity contribution is 14.1. The lowest BCUT2D eigenvalue weighted by atomic mass is 10.0. The fourth-order valence-electron chi connectivity index (χ4n) is 1.66. The van der Waals surface area contributed by atoms with Crippen LogP contribution in [0.15, 0.2) is 36.4 Å². The molecule has 0 spiro atoms. The molecule has 19 heavy (non-hydrogen) atoms. The Bertz CT molecular complexity index is 643. The summed E-state index contributed by atoms with van der Waals surface area (Å²) >= 11 is 13.6.